The van der Waals surface area contributed by atoms with Crippen LogP contribution in [0.3, 0.4) is 0 Å². The Balaban J connectivity index is 3.50. The number of hydrogen-bond acceptors (Lipinski definition) is 3. The number of rotatable bonds is 3. The van der Waals surface area contributed by atoms with Crippen LogP contribution in [0.5, 0.6) is 0 Å². The van der Waals surface area contributed by atoms with Gasteiger partial charge in [-0.05, 0) is 0 Å². The van der Waals surface area contributed by atoms with Crippen molar-refractivity contribution >= 4 is 0 Å². The first kappa shape index (κ1) is 7.99. The molecule has 0 bridgehead atoms. The Hall–Kier alpha value is -1.01. The SMILES string of the molecule is O=[N+]([O-])OC(F)C(F)F. The lowest BCUT2D eigenvalue weighted by molar-refractivity contribution is -0.779. The van der Waals surface area contributed by atoms with Gasteiger partial charge in [-0.3, -0.25) is 4.84 Å². The van der Waals surface area contributed by atoms with Crippen molar-refractivity contribution in [2.24, 2.45) is 0 Å². The minimum atomic E-state index is -3.48. The molecule has 0 amide bonds. The van der Waals surface area contributed by atoms with E-state index in [1.807, 2.05) is 0 Å². The predicted octanol–water partition coefficient (Wildman–Crippen LogP) is 0.755. The van der Waals surface area contributed by atoms with Gasteiger partial charge >= 0.3 is 6.36 Å². The lowest BCUT2D eigenvalue weighted by atomic mass is 10.7. The van der Waals surface area contributed by atoms with Gasteiger partial charge in [-0.25, -0.2) is 13.2 Å². The number of hydrogen-bond donors (Lipinski definition) is 0. The monoisotopic (exact) mass is 145 g/mol. The molecule has 7 heteroatoms. The molecule has 0 aliphatic rings. The molecular formula is C2H2F3NO3. The van der Waals surface area contributed by atoms with Gasteiger partial charge < -0.3 is 0 Å². The number of alkyl halides is 3. The van der Waals surface area contributed by atoms with Crippen molar-refractivity contribution < 1.29 is 23.1 Å². The van der Waals surface area contributed by atoms with Crippen molar-refractivity contribution in [2.75, 3.05) is 0 Å². The lowest BCUT2D eigenvalue weighted by Gasteiger charge is -2.01. The molecule has 0 saturated carbocycles. The fraction of sp³-hybridized carbons (Fsp3) is 1.00. The highest BCUT2D eigenvalue weighted by Crippen LogP contribution is 2.05. The minimum absolute atomic E-state index is 1.61. The van der Waals surface area contributed by atoms with Gasteiger partial charge in [-0.2, -0.15) is 0 Å². The fourth-order valence-corrected chi connectivity index (χ4v) is 0.128. The standard InChI is InChI=1S/C2H2F3NO3/c3-1(4)2(5)9-6(7)8/h1-2H. The Bertz CT molecular complexity index is 107. The molecule has 0 aromatic heterocycles. The Morgan fingerprint density at radius 1 is 1.44 bits per heavy atom. The van der Waals surface area contributed by atoms with E-state index in [9.17, 15) is 13.2 Å². The van der Waals surface area contributed by atoms with Crippen molar-refractivity contribution in [1.29, 1.82) is 0 Å². The second-order valence-electron chi connectivity index (χ2n) is 1.01. The van der Waals surface area contributed by atoms with Crippen LogP contribution in [0.15, 0.2) is 0 Å². The van der Waals surface area contributed by atoms with Crippen LogP contribution >= 0.6 is 0 Å². The van der Waals surface area contributed by atoms with Crippen molar-refractivity contribution in [3.8, 4) is 0 Å². The summed E-state index contributed by atoms with van der Waals surface area (Å²) in [5.74, 6) is 0. The lowest BCUT2D eigenvalue weighted by Crippen LogP contribution is -2.19. The van der Waals surface area contributed by atoms with Crippen LogP contribution in [0.25, 0.3) is 0 Å². The van der Waals surface area contributed by atoms with Gasteiger partial charge in [0, 0.05) is 0 Å². The average Bonchev–Trinajstić information content (AvgIpc) is 1.63. The van der Waals surface area contributed by atoms with Gasteiger partial charge in [-0.15, -0.1) is 10.1 Å². The van der Waals surface area contributed by atoms with E-state index in [1.165, 1.54) is 0 Å². The Morgan fingerprint density at radius 3 is 2.00 bits per heavy atom. The summed E-state index contributed by atoms with van der Waals surface area (Å²) in [5.41, 5.74) is 0. The van der Waals surface area contributed by atoms with E-state index in [1.54, 1.807) is 0 Å². The van der Waals surface area contributed by atoms with Crippen LogP contribution in [-0.4, -0.2) is 17.9 Å². The number of halogens is 3. The first-order valence-corrected chi connectivity index (χ1v) is 1.77. The minimum Gasteiger partial charge on any atom is -0.270 e. The molecule has 4 nitrogen and oxygen atoms in total. The molecule has 0 aromatic carbocycles. The van der Waals surface area contributed by atoms with E-state index in [4.69, 9.17) is 10.1 Å². The second kappa shape index (κ2) is 3.10. The second-order valence-corrected chi connectivity index (χ2v) is 1.01. The maximum atomic E-state index is 11.4. The molecule has 0 aromatic rings. The highest BCUT2D eigenvalue weighted by Gasteiger charge is 2.22. The molecule has 1 unspecified atom stereocenters. The Morgan fingerprint density at radius 2 is 1.89 bits per heavy atom. The molecule has 0 spiro atoms. The molecule has 54 valence electrons. The maximum absolute atomic E-state index is 11.4. The Labute approximate surface area is 47.3 Å². The van der Waals surface area contributed by atoms with Crippen LogP contribution in [-0.2, 0) is 4.84 Å². The summed E-state index contributed by atoms with van der Waals surface area (Å²) < 4.78 is 33.3. The summed E-state index contributed by atoms with van der Waals surface area (Å²) in [4.78, 5) is 11.9. The summed E-state index contributed by atoms with van der Waals surface area (Å²) in [6.07, 6.45) is -6.62. The molecule has 0 aliphatic heterocycles. The smallest absolute Gasteiger partial charge is 0.270 e. The van der Waals surface area contributed by atoms with E-state index >= 15 is 0 Å². The van der Waals surface area contributed by atoms with Gasteiger partial charge in [0.1, 0.15) is 0 Å². The fourth-order valence-electron chi connectivity index (χ4n) is 0.128. The van der Waals surface area contributed by atoms with E-state index in [-0.39, 0.29) is 0 Å². The molecule has 0 heterocycles. The topological polar surface area (TPSA) is 52.4 Å². The zero-order chi connectivity index (χ0) is 7.44. The van der Waals surface area contributed by atoms with Gasteiger partial charge in [-0.1, -0.05) is 0 Å². The molecule has 0 N–H and O–H groups in total. The Kier molecular flexibility index (Phi) is 2.75. The van der Waals surface area contributed by atoms with E-state index in [2.05, 4.69) is 4.84 Å². The van der Waals surface area contributed by atoms with E-state index < -0.39 is 17.9 Å². The third-order valence-electron chi connectivity index (χ3n) is 0.385. The third-order valence-corrected chi connectivity index (χ3v) is 0.385. The third kappa shape index (κ3) is 3.56. The van der Waals surface area contributed by atoms with Crippen molar-refractivity contribution in [3.05, 3.63) is 10.1 Å². The van der Waals surface area contributed by atoms with Crippen LogP contribution in [0.2, 0.25) is 0 Å². The van der Waals surface area contributed by atoms with Crippen LogP contribution in [0.4, 0.5) is 13.2 Å². The molecule has 9 heavy (non-hydrogen) atoms. The summed E-state index contributed by atoms with van der Waals surface area (Å²) >= 11 is 0. The molecule has 0 fully saturated rings. The summed E-state index contributed by atoms with van der Waals surface area (Å²) in [7, 11) is 0. The van der Waals surface area contributed by atoms with Gasteiger partial charge in [0.15, 0.2) is 0 Å². The largest absolute Gasteiger partial charge is 0.306 e. The predicted molar refractivity (Wildman–Crippen MR) is 19.0 cm³/mol. The highest BCUT2D eigenvalue weighted by molar-refractivity contribution is 4.37. The highest BCUT2D eigenvalue weighted by atomic mass is 19.3. The van der Waals surface area contributed by atoms with Crippen molar-refractivity contribution in [3.63, 3.8) is 0 Å². The van der Waals surface area contributed by atoms with Crippen molar-refractivity contribution in [2.45, 2.75) is 12.8 Å². The van der Waals surface area contributed by atoms with E-state index in [0.717, 1.165) is 0 Å². The molecule has 1 atom stereocenters. The van der Waals surface area contributed by atoms with Crippen LogP contribution in [0.1, 0.15) is 0 Å². The zero-order valence-electron chi connectivity index (χ0n) is 3.96. The van der Waals surface area contributed by atoms with Gasteiger partial charge in [0.2, 0.25) is 0 Å². The molecule has 0 rings (SSSR count). The zero-order valence-corrected chi connectivity index (χ0v) is 3.96. The van der Waals surface area contributed by atoms with E-state index in [0.29, 0.717) is 0 Å². The normalized spacial score (nSPS) is 13.3. The van der Waals surface area contributed by atoms with Gasteiger partial charge in [0.25, 0.3) is 11.5 Å². The summed E-state index contributed by atoms with van der Waals surface area (Å²) in [6.45, 7) is 0. The summed E-state index contributed by atoms with van der Waals surface area (Å²) in [5, 5.41) is 7.51. The first-order valence-electron chi connectivity index (χ1n) is 1.77. The molecule has 0 saturated heterocycles. The molecule has 0 aliphatic carbocycles. The van der Waals surface area contributed by atoms with Crippen LogP contribution in [0, 0.1) is 10.1 Å². The van der Waals surface area contributed by atoms with Crippen LogP contribution < -0.4 is 0 Å². The number of nitrogens with zero attached hydrogens (tertiary/aromatic N) is 1. The maximum Gasteiger partial charge on any atom is 0.306 e. The average molecular weight is 145 g/mol. The molecule has 0 radical (unpaired) electrons. The quantitative estimate of drug-likeness (QED) is 0.435. The van der Waals surface area contributed by atoms with Gasteiger partial charge in [0.05, 0.1) is 0 Å². The summed E-state index contributed by atoms with van der Waals surface area (Å²) in [6, 6.07) is 0. The van der Waals surface area contributed by atoms with Crippen molar-refractivity contribution in [1.82, 2.24) is 0 Å². The first-order chi connectivity index (χ1) is 4.04. The molecular weight excluding hydrogens is 143 g/mol.